The van der Waals surface area contributed by atoms with Gasteiger partial charge in [-0.3, -0.25) is 0 Å². The normalized spacial score (nSPS) is 10.0. The molecule has 0 spiro atoms. The summed E-state index contributed by atoms with van der Waals surface area (Å²) >= 11 is 5.96. The van der Waals surface area contributed by atoms with Crippen LogP contribution in [0.5, 0.6) is 11.5 Å². The lowest BCUT2D eigenvalue weighted by Crippen LogP contribution is -1.95. The zero-order chi connectivity index (χ0) is 13.8. The summed E-state index contributed by atoms with van der Waals surface area (Å²) < 4.78 is 19.1. The predicted molar refractivity (Wildman–Crippen MR) is 68.6 cm³/mol. The van der Waals surface area contributed by atoms with Gasteiger partial charge in [0.1, 0.15) is 0 Å². The van der Waals surface area contributed by atoms with E-state index in [1.165, 1.54) is 12.1 Å². The molecule has 0 aromatic heterocycles. The smallest absolute Gasteiger partial charge is 0.167 e. The molecule has 0 atom stereocenters. The van der Waals surface area contributed by atoms with Gasteiger partial charge in [0.25, 0.3) is 0 Å². The van der Waals surface area contributed by atoms with Gasteiger partial charge >= 0.3 is 0 Å². The zero-order valence-electron chi connectivity index (χ0n) is 9.73. The Morgan fingerprint density at radius 1 is 1.32 bits per heavy atom. The summed E-state index contributed by atoms with van der Waals surface area (Å²) in [6.45, 7) is -0.270. The number of hydrogen-bond acceptors (Lipinski definition) is 3. The number of hydrogen-bond donors (Lipinski definition) is 1. The van der Waals surface area contributed by atoms with E-state index in [1.807, 2.05) is 6.07 Å². The molecule has 0 aliphatic carbocycles. The molecular formula is C14H9ClFNO2. The van der Waals surface area contributed by atoms with Crippen molar-refractivity contribution in [3.8, 4) is 17.6 Å². The molecule has 0 amide bonds. The molecule has 0 bridgehead atoms. The van der Waals surface area contributed by atoms with E-state index < -0.39 is 5.82 Å². The van der Waals surface area contributed by atoms with Crippen LogP contribution in [-0.4, -0.2) is 5.11 Å². The summed E-state index contributed by atoms with van der Waals surface area (Å²) in [5.41, 5.74) is 0.655. The van der Waals surface area contributed by atoms with Crippen LogP contribution in [0.15, 0.2) is 36.4 Å². The minimum Gasteiger partial charge on any atom is -0.452 e. The van der Waals surface area contributed by atoms with Crippen LogP contribution in [0.2, 0.25) is 5.02 Å². The van der Waals surface area contributed by atoms with Crippen LogP contribution < -0.4 is 4.74 Å². The molecule has 3 nitrogen and oxygen atoms in total. The highest BCUT2D eigenvalue weighted by molar-refractivity contribution is 6.32. The predicted octanol–water partition coefficient (Wildman–Crippen LogP) is 3.64. The molecule has 2 aromatic rings. The van der Waals surface area contributed by atoms with Crippen molar-refractivity contribution in [1.82, 2.24) is 0 Å². The Morgan fingerprint density at radius 2 is 2.11 bits per heavy atom. The van der Waals surface area contributed by atoms with E-state index in [0.717, 1.165) is 6.07 Å². The molecule has 19 heavy (non-hydrogen) atoms. The molecule has 2 rings (SSSR count). The highest BCUT2D eigenvalue weighted by Gasteiger charge is 2.12. The monoisotopic (exact) mass is 277 g/mol. The van der Waals surface area contributed by atoms with Gasteiger partial charge in [0.05, 0.1) is 23.3 Å². The second kappa shape index (κ2) is 5.70. The van der Waals surface area contributed by atoms with Gasteiger partial charge in [-0.1, -0.05) is 23.7 Å². The number of halogens is 2. The third-order valence-corrected chi connectivity index (χ3v) is 2.79. The average molecular weight is 278 g/mol. The second-order valence-electron chi connectivity index (χ2n) is 3.75. The van der Waals surface area contributed by atoms with E-state index in [9.17, 15) is 9.50 Å². The van der Waals surface area contributed by atoms with Crippen LogP contribution in [0.25, 0.3) is 0 Å². The van der Waals surface area contributed by atoms with Crippen molar-refractivity contribution in [2.75, 3.05) is 0 Å². The van der Waals surface area contributed by atoms with E-state index in [-0.39, 0.29) is 28.7 Å². The molecule has 0 aliphatic rings. The lowest BCUT2D eigenvalue weighted by atomic mass is 10.2. The Labute approximate surface area is 114 Å². The van der Waals surface area contributed by atoms with Crippen molar-refractivity contribution in [3.05, 3.63) is 58.4 Å². The van der Waals surface area contributed by atoms with Crippen LogP contribution in [0.4, 0.5) is 4.39 Å². The maximum Gasteiger partial charge on any atom is 0.167 e. The summed E-state index contributed by atoms with van der Waals surface area (Å²) in [6, 6.07) is 10.6. The second-order valence-corrected chi connectivity index (χ2v) is 4.15. The molecule has 0 aliphatic heterocycles. The SMILES string of the molecule is N#Cc1ccc(Oc2c(Cl)cccc2CO)c(F)c1. The van der Waals surface area contributed by atoms with Crippen molar-refractivity contribution in [3.63, 3.8) is 0 Å². The van der Waals surface area contributed by atoms with Crippen LogP contribution >= 0.6 is 11.6 Å². The summed E-state index contributed by atoms with van der Waals surface area (Å²) in [7, 11) is 0. The van der Waals surface area contributed by atoms with Gasteiger partial charge in [0.15, 0.2) is 17.3 Å². The largest absolute Gasteiger partial charge is 0.452 e. The van der Waals surface area contributed by atoms with Crippen molar-refractivity contribution < 1.29 is 14.2 Å². The number of aliphatic hydroxyl groups excluding tert-OH is 1. The third kappa shape index (κ3) is 2.84. The maximum absolute atomic E-state index is 13.7. The number of rotatable bonds is 3. The quantitative estimate of drug-likeness (QED) is 0.932. The van der Waals surface area contributed by atoms with E-state index in [0.29, 0.717) is 5.56 Å². The van der Waals surface area contributed by atoms with Crippen molar-refractivity contribution >= 4 is 11.6 Å². The minimum atomic E-state index is -0.664. The molecule has 0 unspecified atom stereocenters. The Morgan fingerprint density at radius 3 is 2.74 bits per heavy atom. The Hall–Kier alpha value is -2.09. The van der Waals surface area contributed by atoms with E-state index in [4.69, 9.17) is 21.6 Å². The van der Waals surface area contributed by atoms with Crippen molar-refractivity contribution in [2.24, 2.45) is 0 Å². The zero-order valence-corrected chi connectivity index (χ0v) is 10.5. The fourth-order valence-corrected chi connectivity index (χ4v) is 1.79. The molecule has 1 N–H and O–H groups in total. The number of para-hydroxylation sites is 1. The molecule has 2 aromatic carbocycles. The first-order valence-electron chi connectivity index (χ1n) is 5.41. The van der Waals surface area contributed by atoms with E-state index in [1.54, 1.807) is 18.2 Å². The maximum atomic E-state index is 13.7. The van der Waals surface area contributed by atoms with Crippen molar-refractivity contribution in [1.29, 1.82) is 5.26 Å². The van der Waals surface area contributed by atoms with Crippen LogP contribution in [0.3, 0.4) is 0 Å². The number of benzene rings is 2. The fourth-order valence-electron chi connectivity index (χ4n) is 1.56. The third-order valence-electron chi connectivity index (χ3n) is 2.49. The average Bonchev–Trinajstić information content (AvgIpc) is 2.42. The van der Waals surface area contributed by atoms with Gasteiger partial charge in [0, 0.05) is 5.56 Å². The van der Waals surface area contributed by atoms with Gasteiger partial charge in [-0.25, -0.2) is 4.39 Å². The summed E-state index contributed by atoms with van der Waals surface area (Å²) in [5, 5.41) is 18.1. The van der Waals surface area contributed by atoms with Gasteiger partial charge < -0.3 is 9.84 Å². The lowest BCUT2D eigenvalue weighted by Gasteiger charge is -2.12. The van der Waals surface area contributed by atoms with Gasteiger partial charge in [-0.15, -0.1) is 0 Å². The van der Waals surface area contributed by atoms with Crippen LogP contribution in [0, 0.1) is 17.1 Å². The highest BCUT2D eigenvalue weighted by Crippen LogP contribution is 2.34. The summed E-state index contributed by atoms with van der Waals surface area (Å²) in [4.78, 5) is 0. The lowest BCUT2D eigenvalue weighted by molar-refractivity contribution is 0.276. The summed E-state index contributed by atoms with van der Waals surface area (Å²) in [5.74, 6) is -0.514. The minimum absolute atomic E-state index is 0.0539. The number of nitrogens with zero attached hydrogens (tertiary/aromatic N) is 1. The van der Waals surface area contributed by atoms with Crippen LogP contribution in [0.1, 0.15) is 11.1 Å². The molecule has 0 fully saturated rings. The van der Waals surface area contributed by atoms with E-state index >= 15 is 0 Å². The molecule has 0 saturated heterocycles. The number of nitriles is 1. The van der Waals surface area contributed by atoms with Crippen LogP contribution in [-0.2, 0) is 6.61 Å². The standard InChI is InChI=1S/C14H9ClFNO2/c15-11-3-1-2-10(8-18)14(11)19-13-5-4-9(7-17)6-12(13)16/h1-6,18H,8H2. The number of aliphatic hydroxyl groups is 1. The van der Waals surface area contributed by atoms with Gasteiger partial charge in [-0.05, 0) is 24.3 Å². The van der Waals surface area contributed by atoms with Crippen molar-refractivity contribution in [2.45, 2.75) is 6.61 Å². The molecular weight excluding hydrogens is 269 g/mol. The Bertz CT molecular complexity index is 652. The summed E-state index contributed by atoms with van der Waals surface area (Å²) in [6.07, 6.45) is 0. The fraction of sp³-hybridized carbons (Fsp3) is 0.0714. The Balaban J connectivity index is 2.39. The molecule has 0 heterocycles. The van der Waals surface area contributed by atoms with Gasteiger partial charge in [-0.2, -0.15) is 5.26 Å². The molecule has 96 valence electrons. The Kier molecular flexibility index (Phi) is 4.00. The first-order chi connectivity index (χ1) is 9.15. The molecule has 0 saturated carbocycles. The topological polar surface area (TPSA) is 53.2 Å². The van der Waals surface area contributed by atoms with E-state index in [2.05, 4.69) is 0 Å². The molecule has 0 radical (unpaired) electrons. The molecule has 5 heteroatoms. The first-order valence-corrected chi connectivity index (χ1v) is 5.79. The number of ether oxygens (including phenoxy) is 1. The van der Waals surface area contributed by atoms with Gasteiger partial charge in [0.2, 0.25) is 0 Å². The highest BCUT2D eigenvalue weighted by atomic mass is 35.5. The first kappa shape index (κ1) is 13.3.